The minimum absolute atomic E-state index is 0.0517. The maximum Gasteiger partial charge on any atom is 0.161 e. The van der Waals surface area contributed by atoms with E-state index in [2.05, 4.69) is 9.97 Å². The molecule has 1 saturated carbocycles. The fraction of sp³-hybridized carbons (Fsp3) is 0.381. The Kier molecular flexibility index (Phi) is 4.90. The van der Waals surface area contributed by atoms with Gasteiger partial charge in [-0.15, -0.1) is 0 Å². The van der Waals surface area contributed by atoms with E-state index in [1.54, 1.807) is 30.6 Å². The van der Waals surface area contributed by atoms with Crippen molar-refractivity contribution in [3.05, 3.63) is 42.0 Å². The standard InChI is InChI=1S/C21H24N4O3/c1-28-19-8-14(6-7-17(19)26)15-9-23-10-16(24-15)20-18(27)12-25(21(20)22)11-13-4-2-3-5-13/h6-10,13,22,26-27H,2-5,11-12H2,1H3. The highest BCUT2D eigenvalue weighted by atomic mass is 16.5. The number of amidine groups is 1. The minimum Gasteiger partial charge on any atom is -0.510 e. The van der Waals surface area contributed by atoms with Crippen molar-refractivity contribution in [3.63, 3.8) is 0 Å². The first-order valence-corrected chi connectivity index (χ1v) is 9.52. The summed E-state index contributed by atoms with van der Waals surface area (Å²) >= 11 is 0. The zero-order chi connectivity index (χ0) is 19.7. The Hall–Kier alpha value is -3.09. The molecule has 0 radical (unpaired) electrons. The van der Waals surface area contributed by atoms with Crippen LogP contribution in [0.3, 0.4) is 0 Å². The van der Waals surface area contributed by atoms with Crippen LogP contribution in [0.2, 0.25) is 0 Å². The molecule has 7 nitrogen and oxygen atoms in total. The van der Waals surface area contributed by atoms with E-state index in [1.807, 2.05) is 4.90 Å². The van der Waals surface area contributed by atoms with E-state index >= 15 is 0 Å². The third-order valence-corrected chi connectivity index (χ3v) is 5.50. The quantitative estimate of drug-likeness (QED) is 0.732. The first-order chi connectivity index (χ1) is 13.6. The number of aromatic hydroxyl groups is 1. The van der Waals surface area contributed by atoms with Crippen molar-refractivity contribution in [2.24, 2.45) is 5.92 Å². The third kappa shape index (κ3) is 3.40. The number of hydrogen-bond donors (Lipinski definition) is 3. The summed E-state index contributed by atoms with van der Waals surface area (Å²) in [5.41, 5.74) is 2.23. The van der Waals surface area contributed by atoms with Gasteiger partial charge in [0.05, 0.1) is 43.0 Å². The lowest BCUT2D eigenvalue weighted by Crippen LogP contribution is -2.31. The summed E-state index contributed by atoms with van der Waals surface area (Å²) in [4.78, 5) is 10.8. The van der Waals surface area contributed by atoms with E-state index in [9.17, 15) is 10.2 Å². The number of nitrogens with zero attached hydrogens (tertiary/aromatic N) is 3. The molecule has 146 valence electrons. The van der Waals surface area contributed by atoms with Crippen molar-refractivity contribution in [3.8, 4) is 22.8 Å². The molecule has 1 aliphatic heterocycles. The largest absolute Gasteiger partial charge is 0.510 e. The van der Waals surface area contributed by atoms with Gasteiger partial charge >= 0.3 is 0 Å². The van der Waals surface area contributed by atoms with Crippen molar-refractivity contribution < 1.29 is 14.9 Å². The summed E-state index contributed by atoms with van der Waals surface area (Å²) in [5, 5.41) is 28.9. The topological polar surface area (TPSA) is 103 Å². The molecule has 3 N–H and O–H groups in total. The van der Waals surface area contributed by atoms with Gasteiger partial charge in [0, 0.05) is 12.1 Å². The van der Waals surface area contributed by atoms with Crippen LogP contribution in [0.5, 0.6) is 11.5 Å². The van der Waals surface area contributed by atoms with Gasteiger partial charge in [-0.2, -0.15) is 0 Å². The number of ether oxygens (including phenoxy) is 1. The summed E-state index contributed by atoms with van der Waals surface area (Å²) in [7, 11) is 1.49. The molecule has 0 saturated heterocycles. The number of aliphatic hydroxyl groups excluding tert-OH is 1. The molecule has 1 aromatic carbocycles. The monoisotopic (exact) mass is 380 g/mol. The molecule has 2 aromatic rings. The molecular weight excluding hydrogens is 356 g/mol. The molecule has 0 spiro atoms. The Morgan fingerprint density at radius 1 is 1.18 bits per heavy atom. The van der Waals surface area contributed by atoms with Crippen molar-refractivity contribution in [2.45, 2.75) is 25.7 Å². The molecule has 1 aromatic heterocycles. The molecule has 2 heterocycles. The maximum absolute atomic E-state index is 10.5. The number of phenolic OH excluding ortho intramolecular Hbond substituents is 1. The number of hydrogen-bond acceptors (Lipinski definition) is 6. The van der Waals surface area contributed by atoms with Crippen LogP contribution in [-0.2, 0) is 0 Å². The van der Waals surface area contributed by atoms with Gasteiger partial charge in [0.25, 0.3) is 0 Å². The van der Waals surface area contributed by atoms with Gasteiger partial charge in [-0.05, 0) is 37.0 Å². The fourth-order valence-electron chi connectivity index (χ4n) is 4.03. The average Bonchev–Trinajstić information content (AvgIpc) is 3.30. The van der Waals surface area contributed by atoms with E-state index in [1.165, 1.54) is 32.8 Å². The lowest BCUT2D eigenvalue weighted by molar-refractivity contribution is 0.316. The lowest BCUT2D eigenvalue weighted by Gasteiger charge is -2.22. The Morgan fingerprint density at radius 2 is 1.93 bits per heavy atom. The van der Waals surface area contributed by atoms with E-state index in [-0.39, 0.29) is 11.5 Å². The third-order valence-electron chi connectivity index (χ3n) is 5.50. The van der Waals surface area contributed by atoms with Gasteiger partial charge in [-0.1, -0.05) is 12.8 Å². The summed E-state index contributed by atoms with van der Waals surface area (Å²) < 4.78 is 5.16. The van der Waals surface area contributed by atoms with Crippen LogP contribution in [0.15, 0.2) is 36.4 Å². The molecular formula is C21H24N4O3. The van der Waals surface area contributed by atoms with E-state index in [0.29, 0.717) is 41.0 Å². The molecule has 28 heavy (non-hydrogen) atoms. The van der Waals surface area contributed by atoms with E-state index in [4.69, 9.17) is 10.1 Å². The number of benzene rings is 1. The number of methoxy groups -OCH3 is 1. The van der Waals surface area contributed by atoms with Crippen LogP contribution in [0.4, 0.5) is 0 Å². The summed E-state index contributed by atoms with van der Waals surface area (Å²) in [5.74, 6) is 1.46. The molecule has 0 amide bonds. The van der Waals surface area contributed by atoms with Gasteiger partial charge in [-0.3, -0.25) is 10.4 Å². The van der Waals surface area contributed by atoms with Gasteiger partial charge in [0.15, 0.2) is 11.5 Å². The van der Waals surface area contributed by atoms with Crippen molar-refractivity contribution in [2.75, 3.05) is 20.2 Å². The molecule has 2 aliphatic rings. The molecule has 7 heteroatoms. The highest BCUT2D eigenvalue weighted by molar-refractivity contribution is 6.23. The van der Waals surface area contributed by atoms with Crippen LogP contribution in [0.25, 0.3) is 16.8 Å². The molecule has 1 aliphatic carbocycles. The average molecular weight is 380 g/mol. The minimum atomic E-state index is 0.0517. The van der Waals surface area contributed by atoms with Gasteiger partial charge < -0.3 is 19.8 Å². The number of aromatic nitrogens is 2. The van der Waals surface area contributed by atoms with Crippen LogP contribution in [-0.4, -0.2) is 51.1 Å². The van der Waals surface area contributed by atoms with Gasteiger partial charge in [-0.25, -0.2) is 4.98 Å². The zero-order valence-electron chi connectivity index (χ0n) is 15.9. The predicted octanol–water partition coefficient (Wildman–Crippen LogP) is 3.61. The zero-order valence-corrected chi connectivity index (χ0v) is 15.9. The Balaban J connectivity index is 1.60. The second-order valence-electron chi connectivity index (χ2n) is 7.38. The lowest BCUT2D eigenvalue weighted by atomic mass is 10.1. The van der Waals surface area contributed by atoms with Crippen molar-refractivity contribution in [1.29, 1.82) is 5.41 Å². The highest BCUT2D eigenvalue weighted by Gasteiger charge is 2.31. The second kappa shape index (κ2) is 7.50. The van der Waals surface area contributed by atoms with Crippen LogP contribution >= 0.6 is 0 Å². The molecule has 1 fully saturated rings. The summed E-state index contributed by atoms with van der Waals surface area (Å²) in [6, 6.07) is 4.95. The molecule has 0 bridgehead atoms. The number of phenols is 1. The Bertz CT molecular complexity index is 935. The number of aliphatic hydroxyl groups is 1. The van der Waals surface area contributed by atoms with Gasteiger partial charge in [0.2, 0.25) is 0 Å². The fourth-order valence-corrected chi connectivity index (χ4v) is 4.03. The second-order valence-corrected chi connectivity index (χ2v) is 7.38. The van der Waals surface area contributed by atoms with E-state index < -0.39 is 0 Å². The number of nitrogens with one attached hydrogen (secondary N) is 1. The van der Waals surface area contributed by atoms with Crippen molar-refractivity contribution in [1.82, 2.24) is 14.9 Å². The first-order valence-electron chi connectivity index (χ1n) is 9.52. The maximum atomic E-state index is 10.5. The molecule has 0 atom stereocenters. The SMILES string of the molecule is COc1cc(-c2cncc(C3=C(O)CN(CC4CCCC4)C3=N)n2)ccc1O. The van der Waals surface area contributed by atoms with Crippen LogP contribution < -0.4 is 4.74 Å². The van der Waals surface area contributed by atoms with E-state index in [0.717, 1.165) is 12.1 Å². The smallest absolute Gasteiger partial charge is 0.161 e. The number of rotatable bonds is 5. The normalized spacial score (nSPS) is 17.6. The van der Waals surface area contributed by atoms with Crippen LogP contribution in [0, 0.1) is 11.3 Å². The highest BCUT2D eigenvalue weighted by Crippen LogP contribution is 2.33. The Morgan fingerprint density at radius 3 is 2.68 bits per heavy atom. The first kappa shape index (κ1) is 18.3. The predicted molar refractivity (Wildman–Crippen MR) is 106 cm³/mol. The molecule has 4 rings (SSSR count). The summed E-state index contributed by atoms with van der Waals surface area (Å²) in [6.45, 7) is 1.15. The van der Waals surface area contributed by atoms with Gasteiger partial charge in [0.1, 0.15) is 11.6 Å². The molecule has 0 unspecified atom stereocenters. The van der Waals surface area contributed by atoms with Crippen molar-refractivity contribution >= 4 is 11.4 Å². The van der Waals surface area contributed by atoms with Crippen LogP contribution in [0.1, 0.15) is 31.4 Å². The summed E-state index contributed by atoms with van der Waals surface area (Å²) in [6.07, 6.45) is 8.07. The Labute approximate surface area is 163 Å².